The average molecular weight is 625 g/mol. The Morgan fingerprint density at radius 3 is 1.84 bits per heavy atom. The lowest BCUT2D eigenvalue weighted by Crippen LogP contribution is -2.27. The van der Waals surface area contributed by atoms with Crippen LogP contribution < -0.4 is 16.3 Å². The van der Waals surface area contributed by atoms with Crippen molar-refractivity contribution in [3.8, 4) is 10.6 Å². The summed E-state index contributed by atoms with van der Waals surface area (Å²) in [5, 5.41) is 23.3. The highest BCUT2D eigenvalue weighted by Crippen LogP contribution is 2.33. The number of rotatable bonds is 6. The molecule has 16 heteroatoms. The largest absolute Gasteiger partial charge is 0.526 e. The van der Waals surface area contributed by atoms with Gasteiger partial charge in [-0.3, -0.25) is 19.2 Å². The summed E-state index contributed by atoms with van der Waals surface area (Å²) in [6.45, 7) is 6.59. The first kappa shape index (κ1) is 30.8. The number of anilines is 2. The Bertz CT molecular complexity index is 1390. The van der Waals surface area contributed by atoms with Gasteiger partial charge in [-0.25, -0.2) is 9.97 Å². The zero-order valence-electron chi connectivity index (χ0n) is 20.5. The molecule has 0 bridgehead atoms. The molecule has 0 saturated heterocycles. The number of carbonyl (C=O) groups excluding carboxylic acids is 4. The van der Waals surface area contributed by atoms with E-state index in [9.17, 15) is 19.2 Å². The fourth-order valence-electron chi connectivity index (χ4n) is 2.52. The van der Waals surface area contributed by atoms with Crippen LogP contribution in [0.25, 0.3) is 10.6 Å². The summed E-state index contributed by atoms with van der Waals surface area (Å²) < 4.78 is 10.9. The molecule has 0 unspecified atom stereocenters. The van der Waals surface area contributed by atoms with Crippen molar-refractivity contribution >= 4 is 86.0 Å². The molecule has 2 amide bonds. The molecule has 0 radical (unpaired) electrons. The summed E-state index contributed by atoms with van der Waals surface area (Å²) in [6.07, 6.45) is 1.14. The molecule has 4 heterocycles. The number of amides is 2. The van der Waals surface area contributed by atoms with E-state index in [2.05, 4.69) is 40.9 Å². The van der Waals surface area contributed by atoms with Gasteiger partial charge < -0.3 is 29.5 Å². The molecule has 0 fully saturated rings. The standard InChI is InChI=1S/C11H10N2O3S.C6H7BrN2OS.C5H5BO4/c1-6-10(9-4-3-8(5-14)16-9)17-11(12-6)13-7(2)15;1-3-5(7)11-6(8-3)9-4(2)10;7-3-4-1-2-5(10-4)6(8)9/h3-5H,1-2H3,(H,12,13,15);1-2H3,(H,8,9,10);1-3,8-9H. The van der Waals surface area contributed by atoms with E-state index in [4.69, 9.17) is 14.5 Å². The van der Waals surface area contributed by atoms with Crippen molar-refractivity contribution in [2.75, 3.05) is 10.6 Å². The van der Waals surface area contributed by atoms with E-state index in [1.165, 1.54) is 48.7 Å². The normalized spacial score (nSPS) is 9.87. The summed E-state index contributed by atoms with van der Waals surface area (Å²) in [5.74, 6) is 0.681. The van der Waals surface area contributed by atoms with E-state index in [1.807, 2.05) is 13.8 Å². The molecule has 0 aliphatic carbocycles. The van der Waals surface area contributed by atoms with Gasteiger partial charge in [0.1, 0.15) is 11.4 Å². The number of thiazole rings is 2. The van der Waals surface area contributed by atoms with E-state index in [0.29, 0.717) is 28.6 Å². The van der Waals surface area contributed by atoms with E-state index in [1.54, 1.807) is 12.1 Å². The second-order valence-electron chi connectivity index (χ2n) is 7.23. The van der Waals surface area contributed by atoms with Gasteiger partial charge in [-0.05, 0) is 54.0 Å². The highest BCUT2D eigenvalue weighted by Gasteiger charge is 2.15. The monoisotopic (exact) mass is 624 g/mol. The highest BCUT2D eigenvalue weighted by atomic mass is 79.9. The number of hydrogen-bond donors (Lipinski definition) is 4. The van der Waals surface area contributed by atoms with Crippen molar-refractivity contribution in [3.63, 3.8) is 0 Å². The second kappa shape index (κ2) is 14.5. The van der Waals surface area contributed by atoms with Gasteiger partial charge in [-0.1, -0.05) is 22.7 Å². The molecule has 38 heavy (non-hydrogen) atoms. The topological polar surface area (TPSA) is 185 Å². The molecule has 0 saturated carbocycles. The number of nitrogens with one attached hydrogen (secondary N) is 2. The molecule has 0 aromatic carbocycles. The van der Waals surface area contributed by atoms with Crippen LogP contribution >= 0.6 is 38.6 Å². The maximum absolute atomic E-state index is 10.9. The number of aromatic nitrogens is 2. The van der Waals surface area contributed by atoms with Crippen molar-refractivity contribution in [1.29, 1.82) is 0 Å². The van der Waals surface area contributed by atoms with Gasteiger partial charge in [-0.2, -0.15) is 0 Å². The third-order valence-electron chi connectivity index (χ3n) is 4.09. The molecule has 0 spiro atoms. The Labute approximate surface area is 233 Å². The van der Waals surface area contributed by atoms with Gasteiger partial charge in [0, 0.05) is 13.8 Å². The summed E-state index contributed by atoms with van der Waals surface area (Å²) in [7, 11) is -1.64. The van der Waals surface area contributed by atoms with Crippen molar-refractivity contribution in [3.05, 3.63) is 51.0 Å². The van der Waals surface area contributed by atoms with Crippen LogP contribution in [0.3, 0.4) is 0 Å². The fourth-order valence-corrected chi connectivity index (χ4v) is 4.78. The minimum absolute atomic E-state index is 0.0258. The van der Waals surface area contributed by atoms with Crippen LogP contribution in [0.5, 0.6) is 0 Å². The highest BCUT2D eigenvalue weighted by molar-refractivity contribution is 9.11. The Morgan fingerprint density at radius 1 is 0.895 bits per heavy atom. The first-order valence-electron chi connectivity index (χ1n) is 10.5. The first-order valence-corrected chi connectivity index (χ1v) is 13.0. The molecule has 4 aromatic rings. The summed E-state index contributed by atoms with van der Waals surface area (Å²) in [6, 6.07) is 6.00. The maximum Gasteiger partial charge on any atom is 0.526 e. The van der Waals surface area contributed by atoms with Gasteiger partial charge in [0.15, 0.2) is 34.4 Å². The minimum Gasteiger partial charge on any atom is -0.462 e. The van der Waals surface area contributed by atoms with Crippen LogP contribution in [0.4, 0.5) is 10.3 Å². The first-order chi connectivity index (χ1) is 17.9. The van der Waals surface area contributed by atoms with Gasteiger partial charge >= 0.3 is 7.12 Å². The molecule has 0 aliphatic rings. The van der Waals surface area contributed by atoms with Crippen molar-refractivity contribution in [1.82, 2.24) is 9.97 Å². The van der Waals surface area contributed by atoms with Crippen LogP contribution in [-0.4, -0.2) is 51.5 Å². The SMILES string of the molecule is CC(=O)Nc1nc(C)c(-c2ccc(C=O)o2)s1.CC(=O)Nc1nc(C)c(Br)s1.O=Cc1ccc(B(O)O)o1. The Kier molecular flexibility index (Phi) is 11.7. The van der Waals surface area contributed by atoms with Gasteiger partial charge in [0.25, 0.3) is 0 Å². The van der Waals surface area contributed by atoms with E-state index < -0.39 is 7.12 Å². The Balaban J connectivity index is 0.000000211. The third-order valence-corrected chi connectivity index (χ3v) is 7.10. The summed E-state index contributed by atoms with van der Waals surface area (Å²) in [5.41, 5.74) is 1.63. The quantitative estimate of drug-likeness (QED) is 0.183. The van der Waals surface area contributed by atoms with Crippen molar-refractivity contribution in [2.24, 2.45) is 0 Å². The molecule has 4 rings (SSSR count). The van der Waals surface area contributed by atoms with Crippen LogP contribution in [0, 0.1) is 13.8 Å². The van der Waals surface area contributed by atoms with E-state index in [-0.39, 0.29) is 29.0 Å². The zero-order valence-corrected chi connectivity index (χ0v) is 23.7. The fraction of sp³-hybridized carbons (Fsp3) is 0.182. The third kappa shape index (κ3) is 9.46. The minimum atomic E-state index is -1.64. The molecular weight excluding hydrogens is 603 g/mol. The lowest BCUT2D eigenvalue weighted by atomic mass is 9.88. The number of furan rings is 2. The Hall–Kier alpha value is -3.44. The van der Waals surface area contributed by atoms with Gasteiger partial charge in [0.05, 0.1) is 20.1 Å². The van der Waals surface area contributed by atoms with Crippen LogP contribution in [0.15, 0.2) is 36.9 Å². The summed E-state index contributed by atoms with van der Waals surface area (Å²) in [4.78, 5) is 51.1. The lowest BCUT2D eigenvalue weighted by Gasteiger charge is -1.92. The molecule has 200 valence electrons. The molecule has 12 nitrogen and oxygen atoms in total. The number of aryl methyl sites for hydroxylation is 2. The molecular formula is C22H22BBrN4O8S2. The predicted octanol–water partition coefficient (Wildman–Crippen LogP) is 3.43. The Morgan fingerprint density at radius 2 is 1.42 bits per heavy atom. The molecule has 4 N–H and O–H groups in total. The molecule has 4 aromatic heterocycles. The molecule has 0 aliphatic heterocycles. The van der Waals surface area contributed by atoms with Crippen molar-refractivity contribution in [2.45, 2.75) is 27.7 Å². The number of halogens is 1. The van der Waals surface area contributed by atoms with E-state index >= 15 is 0 Å². The number of carbonyl (C=O) groups is 4. The zero-order chi connectivity index (χ0) is 28.4. The van der Waals surface area contributed by atoms with Gasteiger partial charge in [0.2, 0.25) is 11.8 Å². The summed E-state index contributed by atoms with van der Waals surface area (Å²) >= 11 is 6.04. The van der Waals surface area contributed by atoms with Crippen molar-refractivity contribution < 1.29 is 38.1 Å². The van der Waals surface area contributed by atoms with Crippen LogP contribution in [-0.2, 0) is 9.59 Å². The average Bonchev–Trinajstić information content (AvgIpc) is 3.62. The number of nitrogens with zero attached hydrogens (tertiary/aromatic N) is 2. The molecule has 0 atom stereocenters. The van der Waals surface area contributed by atoms with Gasteiger partial charge in [-0.15, -0.1) is 0 Å². The second-order valence-corrected chi connectivity index (χ2v) is 10.5. The predicted molar refractivity (Wildman–Crippen MR) is 147 cm³/mol. The number of aldehydes is 2. The smallest absolute Gasteiger partial charge is 0.462 e. The number of hydrogen-bond acceptors (Lipinski definition) is 12. The van der Waals surface area contributed by atoms with Crippen LogP contribution in [0.2, 0.25) is 0 Å². The lowest BCUT2D eigenvalue weighted by molar-refractivity contribution is -0.115. The van der Waals surface area contributed by atoms with Crippen LogP contribution in [0.1, 0.15) is 46.3 Å². The van der Waals surface area contributed by atoms with E-state index in [0.717, 1.165) is 20.1 Å². The maximum atomic E-state index is 10.9.